The highest BCUT2D eigenvalue weighted by molar-refractivity contribution is 6.05. The van der Waals surface area contributed by atoms with Crippen molar-refractivity contribution in [1.29, 1.82) is 0 Å². The fourth-order valence-corrected chi connectivity index (χ4v) is 4.63. The van der Waals surface area contributed by atoms with Gasteiger partial charge in [0.15, 0.2) is 28.8 Å². The van der Waals surface area contributed by atoms with Crippen LogP contribution in [0.15, 0.2) is 24.3 Å². The normalized spacial score (nSPS) is 23.5. The van der Waals surface area contributed by atoms with Crippen molar-refractivity contribution in [2.45, 2.75) is 5.92 Å². The van der Waals surface area contributed by atoms with E-state index in [4.69, 9.17) is 28.4 Å². The molecular formula is C22H20O8. The number of rotatable bonds is 4. The molecule has 0 radical (unpaired) electrons. The van der Waals surface area contributed by atoms with Gasteiger partial charge in [0.2, 0.25) is 12.5 Å². The summed E-state index contributed by atoms with van der Waals surface area (Å²) in [6.45, 7) is 0.160. The number of esters is 1. The molecule has 30 heavy (non-hydrogen) atoms. The zero-order valence-electron chi connectivity index (χ0n) is 16.7. The standard InChI is InChI=1S/C22H20O8/c1-25-16-4-10(5-17(26-2)21(16)27-3)18-11-6-14-15(30-9-29-14)7-12(11)20(23)13-8-28-22(24)19(13)18/h4-7,13,18-19H,8-9H2,1-3H3/t13-,18?,19+/m1/s1. The largest absolute Gasteiger partial charge is 0.493 e. The van der Waals surface area contributed by atoms with Gasteiger partial charge >= 0.3 is 5.97 Å². The van der Waals surface area contributed by atoms with Crippen LogP contribution in [0.25, 0.3) is 0 Å². The highest BCUT2D eigenvalue weighted by Gasteiger charge is 2.52. The zero-order valence-corrected chi connectivity index (χ0v) is 16.7. The summed E-state index contributed by atoms with van der Waals surface area (Å²) in [5, 5.41) is 0. The van der Waals surface area contributed by atoms with Crippen LogP contribution >= 0.6 is 0 Å². The van der Waals surface area contributed by atoms with Crippen LogP contribution in [0.3, 0.4) is 0 Å². The molecular weight excluding hydrogens is 392 g/mol. The van der Waals surface area contributed by atoms with Crippen molar-refractivity contribution in [2.75, 3.05) is 34.7 Å². The molecule has 2 heterocycles. The Balaban J connectivity index is 1.75. The van der Waals surface area contributed by atoms with Crippen LogP contribution in [0.2, 0.25) is 0 Å². The van der Waals surface area contributed by atoms with Crippen molar-refractivity contribution >= 4 is 11.8 Å². The minimum Gasteiger partial charge on any atom is -0.493 e. The Morgan fingerprint density at radius 2 is 1.53 bits per heavy atom. The molecule has 1 aliphatic carbocycles. The summed E-state index contributed by atoms with van der Waals surface area (Å²) in [6.07, 6.45) is 0. The highest BCUT2D eigenvalue weighted by Crippen LogP contribution is 2.52. The van der Waals surface area contributed by atoms with Crippen molar-refractivity contribution in [3.63, 3.8) is 0 Å². The maximum absolute atomic E-state index is 13.2. The van der Waals surface area contributed by atoms with Gasteiger partial charge < -0.3 is 28.4 Å². The van der Waals surface area contributed by atoms with E-state index >= 15 is 0 Å². The summed E-state index contributed by atoms with van der Waals surface area (Å²) in [6, 6.07) is 7.09. The molecule has 0 amide bonds. The van der Waals surface area contributed by atoms with Crippen LogP contribution < -0.4 is 23.7 Å². The number of methoxy groups -OCH3 is 3. The van der Waals surface area contributed by atoms with Crippen molar-refractivity contribution in [1.82, 2.24) is 0 Å². The van der Waals surface area contributed by atoms with E-state index in [1.165, 1.54) is 21.3 Å². The molecule has 2 aromatic carbocycles. The van der Waals surface area contributed by atoms with Gasteiger partial charge in [-0.1, -0.05) is 0 Å². The van der Waals surface area contributed by atoms with Gasteiger partial charge in [-0.05, 0) is 35.4 Å². The molecule has 1 fully saturated rings. The third kappa shape index (κ3) is 2.52. The van der Waals surface area contributed by atoms with E-state index in [0.29, 0.717) is 39.9 Å². The number of hydrogen-bond acceptors (Lipinski definition) is 8. The van der Waals surface area contributed by atoms with Crippen LogP contribution in [0, 0.1) is 11.8 Å². The molecule has 5 rings (SSSR count). The van der Waals surface area contributed by atoms with Gasteiger partial charge in [0, 0.05) is 11.5 Å². The second-order valence-corrected chi connectivity index (χ2v) is 7.36. The monoisotopic (exact) mass is 412 g/mol. The molecule has 2 aromatic rings. The molecule has 0 aromatic heterocycles. The van der Waals surface area contributed by atoms with E-state index in [2.05, 4.69) is 0 Å². The van der Waals surface area contributed by atoms with E-state index in [1.807, 2.05) is 0 Å². The Labute approximate surface area is 172 Å². The topological polar surface area (TPSA) is 89.5 Å². The average molecular weight is 412 g/mol. The second kappa shape index (κ2) is 6.83. The first-order valence-corrected chi connectivity index (χ1v) is 9.51. The van der Waals surface area contributed by atoms with E-state index in [1.54, 1.807) is 24.3 Å². The summed E-state index contributed by atoms with van der Waals surface area (Å²) in [5.74, 6) is 0.287. The zero-order chi connectivity index (χ0) is 21.0. The lowest BCUT2D eigenvalue weighted by Crippen LogP contribution is -2.36. The summed E-state index contributed by atoms with van der Waals surface area (Å²) in [4.78, 5) is 25.9. The van der Waals surface area contributed by atoms with Crippen LogP contribution in [-0.4, -0.2) is 46.5 Å². The van der Waals surface area contributed by atoms with Crippen LogP contribution in [0.4, 0.5) is 0 Å². The van der Waals surface area contributed by atoms with Gasteiger partial charge in [-0.25, -0.2) is 0 Å². The Hall–Kier alpha value is -3.42. The van der Waals surface area contributed by atoms with Crippen molar-refractivity contribution < 1.29 is 38.0 Å². The molecule has 0 saturated carbocycles. The quantitative estimate of drug-likeness (QED) is 0.708. The molecule has 0 bridgehead atoms. The predicted molar refractivity (Wildman–Crippen MR) is 103 cm³/mol. The van der Waals surface area contributed by atoms with Gasteiger partial charge in [0.1, 0.15) is 6.61 Å². The molecule has 156 valence electrons. The molecule has 8 heteroatoms. The molecule has 2 aliphatic heterocycles. The fourth-order valence-electron chi connectivity index (χ4n) is 4.63. The Kier molecular flexibility index (Phi) is 4.23. The molecule has 1 saturated heterocycles. The first kappa shape index (κ1) is 18.6. The minimum absolute atomic E-state index is 0.0666. The number of Topliss-reactive ketones (excluding diaryl/α,β-unsaturated/α-hetero) is 1. The number of carbonyl (C=O) groups is 2. The minimum atomic E-state index is -0.645. The number of cyclic esters (lactones) is 1. The summed E-state index contributed by atoms with van der Waals surface area (Å²) in [5.41, 5.74) is 1.96. The van der Waals surface area contributed by atoms with E-state index in [0.717, 1.165) is 5.56 Å². The molecule has 0 N–H and O–H groups in total. The maximum atomic E-state index is 13.2. The number of ether oxygens (including phenoxy) is 6. The van der Waals surface area contributed by atoms with Crippen molar-refractivity contribution in [3.8, 4) is 28.7 Å². The summed E-state index contributed by atoms with van der Waals surface area (Å²) >= 11 is 0. The average Bonchev–Trinajstić information content (AvgIpc) is 3.38. The van der Waals surface area contributed by atoms with Gasteiger partial charge in [-0.3, -0.25) is 9.59 Å². The Morgan fingerprint density at radius 3 is 2.17 bits per heavy atom. The predicted octanol–water partition coefficient (Wildman–Crippen LogP) is 2.56. The van der Waals surface area contributed by atoms with Crippen molar-refractivity contribution in [3.05, 3.63) is 41.0 Å². The number of hydrogen-bond donors (Lipinski definition) is 0. The van der Waals surface area contributed by atoms with E-state index < -0.39 is 23.7 Å². The maximum Gasteiger partial charge on any atom is 0.310 e. The van der Waals surface area contributed by atoms with Gasteiger partial charge in [-0.2, -0.15) is 0 Å². The first-order valence-electron chi connectivity index (χ1n) is 9.51. The van der Waals surface area contributed by atoms with Gasteiger partial charge in [0.25, 0.3) is 0 Å². The number of fused-ring (bicyclic) bond motifs is 3. The van der Waals surface area contributed by atoms with Gasteiger partial charge in [0.05, 0.1) is 33.2 Å². The third-order valence-corrected chi connectivity index (χ3v) is 6.00. The Bertz CT molecular complexity index is 1030. The lowest BCUT2D eigenvalue weighted by molar-refractivity contribution is -0.141. The number of benzene rings is 2. The molecule has 0 spiro atoms. The molecule has 1 unspecified atom stereocenters. The molecule has 8 nitrogen and oxygen atoms in total. The third-order valence-electron chi connectivity index (χ3n) is 6.00. The van der Waals surface area contributed by atoms with Crippen molar-refractivity contribution in [2.24, 2.45) is 11.8 Å². The van der Waals surface area contributed by atoms with Crippen LogP contribution in [-0.2, 0) is 9.53 Å². The highest BCUT2D eigenvalue weighted by atomic mass is 16.7. The summed E-state index contributed by atoms with van der Waals surface area (Å²) < 4.78 is 32.7. The number of carbonyl (C=O) groups excluding carboxylic acids is 2. The van der Waals surface area contributed by atoms with Gasteiger partial charge in [-0.15, -0.1) is 0 Å². The second-order valence-electron chi connectivity index (χ2n) is 7.36. The Morgan fingerprint density at radius 1 is 0.867 bits per heavy atom. The number of ketones is 1. The molecule has 3 atom stereocenters. The first-order chi connectivity index (χ1) is 14.6. The lowest BCUT2D eigenvalue weighted by Gasteiger charge is -2.33. The van der Waals surface area contributed by atoms with E-state index in [9.17, 15) is 9.59 Å². The van der Waals surface area contributed by atoms with Crippen LogP contribution in [0.5, 0.6) is 28.7 Å². The summed E-state index contributed by atoms with van der Waals surface area (Å²) in [7, 11) is 4.59. The molecule has 3 aliphatic rings. The fraction of sp³-hybridized carbons (Fsp3) is 0.364. The lowest BCUT2D eigenvalue weighted by atomic mass is 9.67. The van der Waals surface area contributed by atoms with E-state index in [-0.39, 0.29) is 19.2 Å². The van der Waals surface area contributed by atoms with Crippen LogP contribution in [0.1, 0.15) is 27.4 Å². The smallest absolute Gasteiger partial charge is 0.310 e. The SMILES string of the molecule is COc1cc(C2c3cc4c(cc3C(=O)[C@@H]3COC(=O)[C@H]23)OCO4)cc(OC)c1OC.